The van der Waals surface area contributed by atoms with E-state index in [9.17, 15) is 0 Å². The molecule has 0 aromatic carbocycles. The topological polar surface area (TPSA) is 18.5 Å². The average Bonchev–Trinajstić information content (AvgIpc) is 3.20. The molecule has 4 fully saturated rings. The number of hydrogen-bond donors (Lipinski definition) is 1. The van der Waals surface area contributed by atoms with Crippen molar-refractivity contribution in [3.05, 3.63) is 0 Å². The Bertz CT molecular complexity index is 328. The fourth-order valence-corrected chi connectivity index (χ4v) is 4.79. The van der Waals surface area contributed by atoms with E-state index in [1.807, 2.05) is 0 Å². The van der Waals surface area contributed by atoms with E-state index >= 15 is 0 Å². The highest BCUT2D eigenvalue weighted by Crippen LogP contribution is 2.37. The van der Waals surface area contributed by atoms with Crippen LogP contribution in [0.3, 0.4) is 0 Å². The number of hydrogen-bond acceptors (Lipinski definition) is 3. The van der Waals surface area contributed by atoms with Crippen molar-refractivity contribution < 1.29 is 0 Å². The first kappa shape index (κ1) is 12.6. The number of rotatable bonds is 2. The Morgan fingerprint density at radius 1 is 0.947 bits per heavy atom. The fraction of sp³-hybridized carbons (Fsp3) is 1.00. The molecule has 3 nitrogen and oxygen atoms in total. The molecule has 3 aliphatic heterocycles. The van der Waals surface area contributed by atoms with Crippen molar-refractivity contribution in [2.75, 3.05) is 26.2 Å². The first-order chi connectivity index (χ1) is 9.33. The van der Waals surface area contributed by atoms with Crippen LogP contribution in [0.5, 0.6) is 0 Å². The zero-order chi connectivity index (χ0) is 12.8. The standard InChI is InChI=1S/C16H29N3/c1-12-10-17-14(13-5-6-13)11-19(12)16-7-9-18-8-3-2-4-15(16)18/h12-17H,2-11H2,1H3. The monoisotopic (exact) mass is 263 g/mol. The van der Waals surface area contributed by atoms with Gasteiger partial charge in [0, 0.05) is 43.8 Å². The molecule has 0 bridgehead atoms. The van der Waals surface area contributed by atoms with Gasteiger partial charge in [-0.3, -0.25) is 9.80 Å². The molecule has 0 spiro atoms. The van der Waals surface area contributed by atoms with Gasteiger partial charge in [-0.05, 0) is 51.5 Å². The van der Waals surface area contributed by atoms with Crippen LogP contribution in [0, 0.1) is 5.92 Å². The van der Waals surface area contributed by atoms with E-state index in [0.29, 0.717) is 0 Å². The van der Waals surface area contributed by atoms with Crippen LogP contribution < -0.4 is 5.32 Å². The summed E-state index contributed by atoms with van der Waals surface area (Å²) in [6.07, 6.45) is 8.72. The SMILES string of the molecule is CC1CNC(C2CC2)CN1C1CCN2CCCCC12. The van der Waals surface area contributed by atoms with Crippen LogP contribution in [0.15, 0.2) is 0 Å². The van der Waals surface area contributed by atoms with Crippen molar-refractivity contribution in [1.29, 1.82) is 0 Å². The van der Waals surface area contributed by atoms with Gasteiger partial charge < -0.3 is 5.32 Å². The summed E-state index contributed by atoms with van der Waals surface area (Å²) in [5.74, 6) is 0.999. The predicted octanol–water partition coefficient (Wildman–Crippen LogP) is 1.69. The minimum atomic E-state index is 0.738. The molecular formula is C16H29N3. The second-order valence-corrected chi connectivity index (χ2v) is 7.35. The summed E-state index contributed by atoms with van der Waals surface area (Å²) in [6, 6.07) is 3.28. The normalized spacial score (nSPS) is 45.3. The zero-order valence-electron chi connectivity index (χ0n) is 12.4. The summed E-state index contributed by atoms with van der Waals surface area (Å²) in [4.78, 5) is 5.67. The lowest BCUT2D eigenvalue weighted by Crippen LogP contribution is -2.61. The molecule has 0 amide bonds. The number of fused-ring (bicyclic) bond motifs is 1. The van der Waals surface area contributed by atoms with Crippen molar-refractivity contribution in [3.8, 4) is 0 Å². The Morgan fingerprint density at radius 2 is 1.84 bits per heavy atom. The third-order valence-corrected chi connectivity index (χ3v) is 6.09. The van der Waals surface area contributed by atoms with Crippen LogP contribution in [0.2, 0.25) is 0 Å². The summed E-state index contributed by atoms with van der Waals surface area (Å²) >= 11 is 0. The molecule has 4 aliphatic rings. The Labute approximate surface area is 117 Å². The summed E-state index contributed by atoms with van der Waals surface area (Å²) in [5.41, 5.74) is 0. The molecule has 1 aliphatic carbocycles. The highest BCUT2D eigenvalue weighted by atomic mass is 15.3. The van der Waals surface area contributed by atoms with Gasteiger partial charge in [-0.2, -0.15) is 0 Å². The molecule has 3 saturated heterocycles. The van der Waals surface area contributed by atoms with Gasteiger partial charge in [0.1, 0.15) is 0 Å². The second-order valence-electron chi connectivity index (χ2n) is 7.35. The van der Waals surface area contributed by atoms with Crippen LogP contribution in [-0.2, 0) is 0 Å². The van der Waals surface area contributed by atoms with Gasteiger partial charge in [0.25, 0.3) is 0 Å². The third-order valence-electron chi connectivity index (χ3n) is 6.09. The van der Waals surface area contributed by atoms with E-state index in [-0.39, 0.29) is 0 Å². The van der Waals surface area contributed by atoms with Crippen molar-refractivity contribution in [2.45, 2.75) is 69.6 Å². The number of nitrogens with zero attached hydrogens (tertiary/aromatic N) is 2. The third kappa shape index (κ3) is 2.34. The molecule has 3 heterocycles. The fourth-order valence-electron chi connectivity index (χ4n) is 4.79. The van der Waals surface area contributed by atoms with Gasteiger partial charge >= 0.3 is 0 Å². The molecule has 4 rings (SSSR count). The minimum Gasteiger partial charge on any atom is -0.311 e. The van der Waals surface area contributed by atoms with E-state index in [1.54, 1.807) is 0 Å². The number of piperazine rings is 1. The maximum atomic E-state index is 3.80. The Kier molecular flexibility index (Phi) is 3.33. The second kappa shape index (κ2) is 5.01. The van der Waals surface area contributed by atoms with Crippen molar-refractivity contribution in [3.63, 3.8) is 0 Å². The molecule has 4 unspecified atom stereocenters. The summed E-state index contributed by atoms with van der Waals surface area (Å²) in [6.45, 7) is 7.70. The quantitative estimate of drug-likeness (QED) is 0.818. The molecule has 3 heteroatoms. The molecule has 108 valence electrons. The van der Waals surface area contributed by atoms with Gasteiger partial charge in [-0.15, -0.1) is 0 Å². The van der Waals surface area contributed by atoms with Crippen LogP contribution in [-0.4, -0.2) is 60.1 Å². The van der Waals surface area contributed by atoms with Crippen LogP contribution in [0.25, 0.3) is 0 Å². The highest BCUT2D eigenvalue weighted by molar-refractivity contribution is 5.01. The number of piperidine rings is 1. The molecule has 1 saturated carbocycles. The van der Waals surface area contributed by atoms with Crippen LogP contribution in [0.1, 0.15) is 45.4 Å². The van der Waals surface area contributed by atoms with Crippen molar-refractivity contribution in [2.24, 2.45) is 5.92 Å². The lowest BCUT2D eigenvalue weighted by Gasteiger charge is -2.45. The van der Waals surface area contributed by atoms with Crippen molar-refractivity contribution >= 4 is 0 Å². The lowest BCUT2D eigenvalue weighted by atomic mass is 9.94. The Balaban J connectivity index is 1.46. The van der Waals surface area contributed by atoms with E-state index in [0.717, 1.165) is 30.1 Å². The summed E-state index contributed by atoms with van der Waals surface area (Å²) in [7, 11) is 0. The average molecular weight is 263 g/mol. The van der Waals surface area contributed by atoms with E-state index in [1.165, 1.54) is 64.7 Å². The minimum absolute atomic E-state index is 0.738. The predicted molar refractivity (Wildman–Crippen MR) is 78.3 cm³/mol. The molecule has 1 N–H and O–H groups in total. The number of nitrogens with one attached hydrogen (secondary N) is 1. The maximum absolute atomic E-state index is 3.80. The van der Waals surface area contributed by atoms with Gasteiger partial charge in [0.2, 0.25) is 0 Å². The molecule has 4 atom stereocenters. The first-order valence-corrected chi connectivity index (χ1v) is 8.56. The van der Waals surface area contributed by atoms with Gasteiger partial charge in [0.05, 0.1) is 0 Å². The van der Waals surface area contributed by atoms with Crippen molar-refractivity contribution in [1.82, 2.24) is 15.1 Å². The highest BCUT2D eigenvalue weighted by Gasteiger charge is 2.44. The first-order valence-electron chi connectivity index (χ1n) is 8.56. The van der Waals surface area contributed by atoms with Crippen LogP contribution >= 0.6 is 0 Å². The molecule has 0 aromatic heterocycles. The van der Waals surface area contributed by atoms with Crippen LogP contribution in [0.4, 0.5) is 0 Å². The zero-order valence-corrected chi connectivity index (χ0v) is 12.4. The Hall–Kier alpha value is -0.120. The molecule has 19 heavy (non-hydrogen) atoms. The maximum Gasteiger partial charge on any atom is 0.0267 e. The van der Waals surface area contributed by atoms with E-state index in [2.05, 4.69) is 22.0 Å². The molecule has 0 radical (unpaired) electrons. The van der Waals surface area contributed by atoms with Gasteiger partial charge in [-0.25, -0.2) is 0 Å². The largest absolute Gasteiger partial charge is 0.311 e. The van der Waals surface area contributed by atoms with E-state index in [4.69, 9.17) is 0 Å². The summed E-state index contributed by atoms with van der Waals surface area (Å²) in [5, 5.41) is 3.80. The smallest absolute Gasteiger partial charge is 0.0267 e. The molecular weight excluding hydrogens is 234 g/mol. The van der Waals surface area contributed by atoms with Gasteiger partial charge in [-0.1, -0.05) is 6.42 Å². The Morgan fingerprint density at radius 3 is 2.68 bits per heavy atom. The van der Waals surface area contributed by atoms with Gasteiger partial charge in [0.15, 0.2) is 0 Å². The summed E-state index contributed by atoms with van der Waals surface area (Å²) < 4.78 is 0. The van der Waals surface area contributed by atoms with E-state index < -0.39 is 0 Å². The lowest BCUT2D eigenvalue weighted by molar-refractivity contribution is 0.0520. The molecule has 0 aromatic rings.